The lowest BCUT2D eigenvalue weighted by atomic mass is 9.99. The number of hydrogen-bond donors (Lipinski definition) is 3. The van der Waals surface area contributed by atoms with Gasteiger partial charge < -0.3 is 21.3 Å². The zero-order valence-corrected chi connectivity index (χ0v) is 21.2. The Morgan fingerprint density at radius 2 is 1.92 bits per heavy atom. The van der Waals surface area contributed by atoms with Crippen molar-refractivity contribution < 1.29 is 18.8 Å². The van der Waals surface area contributed by atoms with Crippen molar-refractivity contribution in [1.29, 1.82) is 0 Å². The highest BCUT2D eigenvalue weighted by atomic mass is 19.1. The molecule has 0 bridgehead atoms. The Kier molecular flexibility index (Phi) is 9.52. The van der Waals surface area contributed by atoms with E-state index in [1.54, 1.807) is 19.9 Å². The lowest BCUT2D eigenvalue weighted by Crippen LogP contribution is -2.44. The Morgan fingerprint density at radius 1 is 1.19 bits per heavy atom. The smallest absolute Gasteiger partial charge is 0.272 e. The van der Waals surface area contributed by atoms with Gasteiger partial charge in [0, 0.05) is 48.0 Å². The molecule has 3 atom stereocenters. The predicted octanol–water partition coefficient (Wildman–Crippen LogP) is 3.66. The van der Waals surface area contributed by atoms with Crippen LogP contribution in [0.2, 0.25) is 0 Å². The zero-order valence-electron chi connectivity index (χ0n) is 21.2. The van der Waals surface area contributed by atoms with E-state index in [9.17, 15) is 18.8 Å². The van der Waals surface area contributed by atoms with Crippen LogP contribution in [0.25, 0.3) is 0 Å². The second kappa shape index (κ2) is 12.6. The van der Waals surface area contributed by atoms with Gasteiger partial charge in [-0.1, -0.05) is 13.8 Å². The van der Waals surface area contributed by atoms with E-state index in [1.807, 2.05) is 4.90 Å². The van der Waals surface area contributed by atoms with Crippen molar-refractivity contribution in [1.82, 2.24) is 15.2 Å². The van der Waals surface area contributed by atoms with Crippen LogP contribution < -0.4 is 16.4 Å². The molecule has 1 aliphatic rings. The first kappa shape index (κ1) is 27.3. The molecule has 0 spiro atoms. The number of aryl methyl sites for hydroxylation is 1. The minimum atomic E-state index is -0.453. The van der Waals surface area contributed by atoms with Gasteiger partial charge in [0.1, 0.15) is 11.5 Å². The number of halogens is 1. The summed E-state index contributed by atoms with van der Waals surface area (Å²) in [5.74, 6) is -1.52. The van der Waals surface area contributed by atoms with Crippen molar-refractivity contribution in [2.75, 3.05) is 18.4 Å². The number of nitrogens with zero attached hydrogens (tertiary/aromatic N) is 2. The van der Waals surface area contributed by atoms with Crippen LogP contribution in [0.1, 0.15) is 72.5 Å². The summed E-state index contributed by atoms with van der Waals surface area (Å²) in [5.41, 5.74) is 7.89. The summed E-state index contributed by atoms with van der Waals surface area (Å²) in [6, 6.07) is 8.45. The molecule has 2 heterocycles. The van der Waals surface area contributed by atoms with Gasteiger partial charge in [0.15, 0.2) is 0 Å². The number of nitrogens with two attached hydrogens (primary N) is 1. The topological polar surface area (TPSA) is 117 Å². The summed E-state index contributed by atoms with van der Waals surface area (Å²) >= 11 is 0. The summed E-state index contributed by atoms with van der Waals surface area (Å²) < 4.78 is 13.0. The van der Waals surface area contributed by atoms with E-state index in [0.29, 0.717) is 29.9 Å². The summed E-state index contributed by atoms with van der Waals surface area (Å²) in [6.45, 7) is 6.45. The first-order valence-electron chi connectivity index (χ1n) is 12.6. The number of likely N-dealkylation sites (tertiary alicyclic amines) is 1. The molecule has 1 saturated heterocycles. The molecule has 9 heteroatoms. The number of benzene rings is 1. The largest absolute Gasteiger partial charge is 0.350 e. The number of carbonyl (C=O) groups excluding carboxylic acids is 3. The second-order valence-electron chi connectivity index (χ2n) is 9.54. The highest BCUT2D eigenvalue weighted by Crippen LogP contribution is 2.22. The Labute approximate surface area is 211 Å². The Balaban J connectivity index is 1.55. The number of hydrogen-bond acceptors (Lipinski definition) is 5. The minimum Gasteiger partial charge on any atom is -0.350 e. The monoisotopic (exact) mass is 497 g/mol. The van der Waals surface area contributed by atoms with E-state index >= 15 is 0 Å². The molecular formula is C27H36FN5O3. The third-order valence-electron chi connectivity index (χ3n) is 6.53. The van der Waals surface area contributed by atoms with Crippen LogP contribution in [0.3, 0.4) is 0 Å². The maximum absolute atomic E-state index is 13.2. The van der Waals surface area contributed by atoms with Crippen LogP contribution in [0.5, 0.6) is 0 Å². The predicted molar refractivity (Wildman–Crippen MR) is 137 cm³/mol. The zero-order chi connectivity index (χ0) is 26.2. The van der Waals surface area contributed by atoms with Gasteiger partial charge in [-0.05, 0) is 75.4 Å². The molecule has 36 heavy (non-hydrogen) atoms. The fourth-order valence-electron chi connectivity index (χ4n) is 4.52. The summed E-state index contributed by atoms with van der Waals surface area (Å²) in [6.07, 6.45) is 4.31. The van der Waals surface area contributed by atoms with E-state index in [2.05, 4.69) is 22.5 Å². The first-order valence-corrected chi connectivity index (χ1v) is 12.6. The lowest BCUT2D eigenvalue weighted by molar-refractivity contribution is -0.119. The number of amides is 3. The highest BCUT2D eigenvalue weighted by Gasteiger charge is 2.27. The molecule has 1 fully saturated rings. The van der Waals surface area contributed by atoms with E-state index in [1.165, 1.54) is 30.3 Å². The van der Waals surface area contributed by atoms with Gasteiger partial charge >= 0.3 is 0 Å². The number of carbonyl (C=O) groups is 3. The standard InChI is InChI=1S/C27H36FN5O3/c1-4-23-7-5-6-12-33(23)27(36)24-15-19(14-18(3)31-24)26(35)30-16-21(29)13-17(2)25(34)32-22-10-8-20(28)9-11-22/h8-11,14-15,17,21,23H,4-7,12-13,16,29H2,1-3H3,(H,30,35)(H,32,34). The lowest BCUT2D eigenvalue weighted by Gasteiger charge is -2.35. The Morgan fingerprint density at radius 3 is 2.61 bits per heavy atom. The van der Waals surface area contributed by atoms with Gasteiger partial charge in [-0.25, -0.2) is 9.37 Å². The SMILES string of the molecule is CCC1CCCCN1C(=O)c1cc(C(=O)NCC(N)CC(C)C(=O)Nc2ccc(F)cc2)cc(C)n1. The van der Waals surface area contributed by atoms with Gasteiger partial charge in [0.25, 0.3) is 11.8 Å². The van der Waals surface area contributed by atoms with Crippen molar-refractivity contribution in [2.24, 2.45) is 11.7 Å². The fourth-order valence-corrected chi connectivity index (χ4v) is 4.52. The van der Waals surface area contributed by atoms with E-state index in [0.717, 1.165) is 25.7 Å². The molecular weight excluding hydrogens is 461 g/mol. The fraction of sp³-hybridized carbons (Fsp3) is 0.481. The van der Waals surface area contributed by atoms with E-state index in [4.69, 9.17) is 5.73 Å². The van der Waals surface area contributed by atoms with Gasteiger partial charge in [-0.15, -0.1) is 0 Å². The molecule has 3 unspecified atom stereocenters. The Hall–Kier alpha value is -3.33. The van der Waals surface area contributed by atoms with Crippen molar-refractivity contribution in [3.63, 3.8) is 0 Å². The van der Waals surface area contributed by atoms with Crippen LogP contribution >= 0.6 is 0 Å². The quantitative estimate of drug-likeness (QED) is 0.489. The second-order valence-corrected chi connectivity index (χ2v) is 9.54. The average molecular weight is 498 g/mol. The molecule has 2 aromatic rings. The third-order valence-corrected chi connectivity index (χ3v) is 6.53. The number of nitrogens with one attached hydrogen (secondary N) is 2. The van der Waals surface area contributed by atoms with E-state index in [-0.39, 0.29) is 41.8 Å². The number of rotatable bonds is 9. The highest BCUT2D eigenvalue weighted by molar-refractivity contribution is 5.99. The molecule has 0 saturated carbocycles. The molecule has 1 aliphatic heterocycles. The number of piperidine rings is 1. The maximum Gasteiger partial charge on any atom is 0.272 e. The summed E-state index contributed by atoms with van der Waals surface area (Å²) in [4.78, 5) is 44.7. The van der Waals surface area contributed by atoms with Crippen LogP contribution in [0.15, 0.2) is 36.4 Å². The molecule has 194 valence electrons. The molecule has 0 radical (unpaired) electrons. The van der Waals surface area contributed by atoms with Crippen molar-refractivity contribution in [3.05, 3.63) is 59.2 Å². The summed E-state index contributed by atoms with van der Waals surface area (Å²) in [5, 5.41) is 5.53. The van der Waals surface area contributed by atoms with Crippen LogP contribution in [0.4, 0.5) is 10.1 Å². The molecule has 1 aromatic carbocycles. The third kappa shape index (κ3) is 7.34. The van der Waals surface area contributed by atoms with Crippen LogP contribution in [0, 0.1) is 18.7 Å². The summed E-state index contributed by atoms with van der Waals surface area (Å²) in [7, 11) is 0. The molecule has 1 aromatic heterocycles. The first-order chi connectivity index (χ1) is 17.2. The van der Waals surface area contributed by atoms with Crippen molar-refractivity contribution in [2.45, 2.75) is 65.0 Å². The molecule has 3 rings (SSSR count). The van der Waals surface area contributed by atoms with E-state index < -0.39 is 12.0 Å². The maximum atomic E-state index is 13.2. The molecule has 8 nitrogen and oxygen atoms in total. The molecule has 4 N–H and O–H groups in total. The van der Waals surface area contributed by atoms with Gasteiger partial charge in [-0.2, -0.15) is 0 Å². The van der Waals surface area contributed by atoms with Crippen LogP contribution in [-0.2, 0) is 4.79 Å². The number of pyridine rings is 1. The normalized spacial score (nSPS) is 17.2. The number of aromatic nitrogens is 1. The molecule has 0 aliphatic carbocycles. The van der Waals surface area contributed by atoms with Gasteiger partial charge in [-0.3, -0.25) is 14.4 Å². The number of anilines is 1. The Bertz CT molecular complexity index is 1080. The molecule has 3 amide bonds. The van der Waals surface area contributed by atoms with Crippen molar-refractivity contribution in [3.8, 4) is 0 Å². The minimum absolute atomic E-state index is 0.142. The van der Waals surface area contributed by atoms with Crippen molar-refractivity contribution >= 4 is 23.4 Å². The average Bonchev–Trinajstić information content (AvgIpc) is 2.87. The van der Waals surface area contributed by atoms with Crippen LogP contribution in [-0.4, -0.2) is 52.8 Å². The van der Waals surface area contributed by atoms with Gasteiger partial charge in [0.05, 0.1) is 0 Å². The van der Waals surface area contributed by atoms with Gasteiger partial charge in [0.2, 0.25) is 5.91 Å².